The van der Waals surface area contributed by atoms with E-state index in [1.54, 1.807) is 6.92 Å². The van der Waals surface area contributed by atoms with Gasteiger partial charge in [-0.3, -0.25) is 10.1 Å². The molecule has 1 rings (SSSR count). The van der Waals surface area contributed by atoms with E-state index >= 15 is 0 Å². The van der Waals surface area contributed by atoms with E-state index in [0.717, 1.165) is 0 Å². The Bertz CT molecular complexity index is 397. The van der Waals surface area contributed by atoms with Crippen molar-refractivity contribution in [3.8, 4) is 5.88 Å². The van der Waals surface area contributed by atoms with E-state index in [9.17, 15) is 10.1 Å². The Balaban J connectivity index is 2.81. The zero-order valence-electron chi connectivity index (χ0n) is 9.75. The van der Waals surface area contributed by atoms with Crippen LogP contribution in [0.2, 0.25) is 0 Å². The monoisotopic (exact) mass is 241 g/mol. The second-order valence-electron chi connectivity index (χ2n) is 3.41. The van der Waals surface area contributed by atoms with E-state index in [1.165, 1.54) is 12.1 Å². The lowest BCUT2D eigenvalue weighted by Crippen LogP contribution is -2.20. The SMILES string of the molecule is CCOCC(C)Oc1nc(N)ccc1[N+](=O)[O-]. The topological polar surface area (TPSA) is 101 Å². The number of pyridine rings is 1. The van der Waals surface area contributed by atoms with Crippen LogP contribution < -0.4 is 10.5 Å². The molecule has 0 radical (unpaired) electrons. The van der Waals surface area contributed by atoms with Crippen LogP contribution in [0.5, 0.6) is 5.88 Å². The van der Waals surface area contributed by atoms with Crippen molar-refractivity contribution in [1.29, 1.82) is 0 Å². The highest BCUT2D eigenvalue weighted by Gasteiger charge is 2.19. The second kappa shape index (κ2) is 6.00. The standard InChI is InChI=1S/C10H15N3O4/c1-3-16-6-7(2)17-10-8(13(14)15)4-5-9(11)12-10/h4-5,7H,3,6H2,1-2H3,(H2,11,12). The van der Waals surface area contributed by atoms with Crippen LogP contribution in [0.1, 0.15) is 13.8 Å². The van der Waals surface area contributed by atoms with Gasteiger partial charge in [-0.05, 0) is 19.9 Å². The summed E-state index contributed by atoms with van der Waals surface area (Å²) in [6.45, 7) is 4.49. The van der Waals surface area contributed by atoms with Gasteiger partial charge in [0.05, 0.1) is 11.5 Å². The van der Waals surface area contributed by atoms with Crippen LogP contribution >= 0.6 is 0 Å². The van der Waals surface area contributed by atoms with Gasteiger partial charge in [-0.25, -0.2) is 0 Å². The maximum atomic E-state index is 10.7. The zero-order chi connectivity index (χ0) is 12.8. The van der Waals surface area contributed by atoms with Crippen LogP contribution in [0, 0.1) is 10.1 Å². The lowest BCUT2D eigenvalue weighted by atomic mass is 10.4. The molecule has 17 heavy (non-hydrogen) atoms. The van der Waals surface area contributed by atoms with Crippen LogP contribution in [0.4, 0.5) is 11.5 Å². The molecule has 0 fully saturated rings. The lowest BCUT2D eigenvalue weighted by molar-refractivity contribution is -0.386. The maximum absolute atomic E-state index is 10.7. The summed E-state index contributed by atoms with van der Waals surface area (Å²) < 4.78 is 10.5. The summed E-state index contributed by atoms with van der Waals surface area (Å²) in [6, 6.07) is 2.63. The molecule has 0 aliphatic carbocycles. The van der Waals surface area contributed by atoms with Crippen molar-refractivity contribution in [3.63, 3.8) is 0 Å². The van der Waals surface area contributed by atoms with Crippen molar-refractivity contribution in [2.75, 3.05) is 18.9 Å². The van der Waals surface area contributed by atoms with Gasteiger partial charge in [0.1, 0.15) is 11.9 Å². The maximum Gasteiger partial charge on any atom is 0.331 e. The Labute approximate surface area is 98.7 Å². The first-order valence-electron chi connectivity index (χ1n) is 5.20. The normalized spacial score (nSPS) is 12.1. The minimum Gasteiger partial charge on any atom is -0.467 e. The van der Waals surface area contributed by atoms with Crippen molar-refractivity contribution >= 4 is 11.5 Å². The Hall–Kier alpha value is -1.89. The predicted molar refractivity (Wildman–Crippen MR) is 61.9 cm³/mol. The molecular weight excluding hydrogens is 226 g/mol. The van der Waals surface area contributed by atoms with Gasteiger partial charge in [0.25, 0.3) is 5.88 Å². The molecule has 0 aliphatic heterocycles. The molecule has 0 aliphatic rings. The number of nitro groups is 1. The average molecular weight is 241 g/mol. The third-order valence-corrected chi connectivity index (χ3v) is 1.93. The van der Waals surface area contributed by atoms with Gasteiger partial charge >= 0.3 is 5.69 Å². The summed E-state index contributed by atoms with van der Waals surface area (Å²) in [5.41, 5.74) is 5.25. The number of nitrogens with zero attached hydrogens (tertiary/aromatic N) is 2. The highest BCUT2D eigenvalue weighted by Crippen LogP contribution is 2.26. The van der Waals surface area contributed by atoms with Gasteiger partial charge < -0.3 is 15.2 Å². The van der Waals surface area contributed by atoms with E-state index in [-0.39, 0.29) is 23.5 Å². The fraction of sp³-hybridized carbons (Fsp3) is 0.500. The van der Waals surface area contributed by atoms with Crippen LogP contribution in [0.3, 0.4) is 0 Å². The predicted octanol–water partition coefficient (Wildman–Crippen LogP) is 1.38. The Morgan fingerprint density at radius 1 is 1.59 bits per heavy atom. The summed E-state index contributed by atoms with van der Waals surface area (Å²) in [6.07, 6.45) is -0.331. The van der Waals surface area contributed by atoms with Gasteiger partial charge in [-0.2, -0.15) is 4.98 Å². The van der Waals surface area contributed by atoms with Crippen LogP contribution in [0.25, 0.3) is 0 Å². The summed E-state index contributed by atoms with van der Waals surface area (Å²) in [5, 5.41) is 10.7. The van der Waals surface area contributed by atoms with Crippen molar-refractivity contribution in [2.24, 2.45) is 0 Å². The molecule has 1 aromatic rings. The molecular formula is C10H15N3O4. The minimum absolute atomic E-state index is 0.0813. The molecule has 7 heteroatoms. The second-order valence-corrected chi connectivity index (χ2v) is 3.41. The molecule has 0 aromatic carbocycles. The largest absolute Gasteiger partial charge is 0.467 e. The van der Waals surface area contributed by atoms with E-state index in [4.69, 9.17) is 15.2 Å². The van der Waals surface area contributed by atoms with Crippen molar-refractivity contribution < 1.29 is 14.4 Å². The van der Waals surface area contributed by atoms with Crippen molar-refractivity contribution in [3.05, 3.63) is 22.2 Å². The third-order valence-electron chi connectivity index (χ3n) is 1.93. The molecule has 0 saturated carbocycles. The first-order chi connectivity index (χ1) is 8.04. The molecule has 0 spiro atoms. The van der Waals surface area contributed by atoms with Gasteiger partial charge in [-0.15, -0.1) is 0 Å². The number of ether oxygens (including phenoxy) is 2. The minimum atomic E-state index is -0.560. The van der Waals surface area contributed by atoms with E-state index in [1.807, 2.05) is 6.92 Å². The molecule has 0 bridgehead atoms. The first-order valence-corrected chi connectivity index (χ1v) is 5.20. The number of rotatable bonds is 6. The van der Waals surface area contributed by atoms with E-state index < -0.39 is 4.92 Å². The highest BCUT2D eigenvalue weighted by molar-refractivity contribution is 5.46. The van der Waals surface area contributed by atoms with Crippen molar-refractivity contribution in [2.45, 2.75) is 20.0 Å². The molecule has 0 amide bonds. The van der Waals surface area contributed by atoms with Gasteiger partial charge in [0.15, 0.2) is 0 Å². The Morgan fingerprint density at radius 3 is 2.88 bits per heavy atom. The molecule has 1 heterocycles. The van der Waals surface area contributed by atoms with Crippen LogP contribution in [0.15, 0.2) is 12.1 Å². The number of aromatic nitrogens is 1. The number of anilines is 1. The van der Waals surface area contributed by atoms with Gasteiger partial charge in [-0.1, -0.05) is 0 Å². The van der Waals surface area contributed by atoms with E-state index in [2.05, 4.69) is 4.98 Å². The molecule has 7 nitrogen and oxygen atoms in total. The quantitative estimate of drug-likeness (QED) is 0.596. The summed E-state index contributed by atoms with van der Waals surface area (Å²) in [7, 11) is 0. The average Bonchev–Trinajstić information content (AvgIpc) is 2.26. The van der Waals surface area contributed by atoms with Crippen LogP contribution in [-0.4, -0.2) is 29.2 Å². The summed E-state index contributed by atoms with van der Waals surface area (Å²) >= 11 is 0. The summed E-state index contributed by atoms with van der Waals surface area (Å²) in [4.78, 5) is 14.0. The lowest BCUT2D eigenvalue weighted by Gasteiger charge is -2.13. The van der Waals surface area contributed by atoms with Gasteiger partial charge in [0, 0.05) is 12.7 Å². The fourth-order valence-corrected chi connectivity index (χ4v) is 1.18. The number of hydrogen-bond acceptors (Lipinski definition) is 6. The smallest absolute Gasteiger partial charge is 0.331 e. The molecule has 1 aromatic heterocycles. The fourth-order valence-electron chi connectivity index (χ4n) is 1.18. The zero-order valence-corrected chi connectivity index (χ0v) is 9.75. The van der Waals surface area contributed by atoms with Gasteiger partial charge in [0.2, 0.25) is 0 Å². The number of nitrogen functional groups attached to an aromatic ring is 1. The van der Waals surface area contributed by atoms with Crippen LogP contribution in [-0.2, 0) is 4.74 Å². The molecule has 1 unspecified atom stereocenters. The molecule has 0 saturated heterocycles. The number of hydrogen-bond donors (Lipinski definition) is 1. The highest BCUT2D eigenvalue weighted by atomic mass is 16.6. The molecule has 2 N–H and O–H groups in total. The molecule has 94 valence electrons. The first kappa shape index (κ1) is 13.2. The number of nitrogens with two attached hydrogens (primary N) is 1. The molecule has 1 atom stereocenters. The van der Waals surface area contributed by atoms with Crippen molar-refractivity contribution in [1.82, 2.24) is 4.98 Å². The van der Waals surface area contributed by atoms with E-state index in [0.29, 0.717) is 13.2 Å². The third kappa shape index (κ3) is 3.87. The Morgan fingerprint density at radius 2 is 2.29 bits per heavy atom. The summed E-state index contributed by atoms with van der Waals surface area (Å²) in [5.74, 6) is 0.0939. The Kier molecular flexibility index (Phi) is 4.65.